The molecular weight excluding hydrogens is 382 g/mol. The average Bonchev–Trinajstić information content (AvgIpc) is 3.38. The van der Waals surface area contributed by atoms with Crippen LogP contribution in [0.3, 0.4) is 0 Å². The van der Waals surface area contributed by atoms with Crippen molar-refractivity contribution in [1.29, 1.82) is 0 Å². The fourth-order valence-corrected chi connectivity index (χ4v) is 3.46. The van der Waals surface area contributed by atoms with E-state index in [0.29, 0.717) is 0 Å². The van der Waals surface area contributed by atoms with Gasteiger partial charge in [-0.1, -0.05) is 12.1 Å². The number of ether oxygens (including phenoxy) is 1. The number of likely N-dealkylation sites (N-methyl/N-ethyl adjacent to an activating group) is 1. The average molecular weight is 401 g/mol. The van der Waals surface area contributed by atoms with E-state index in [-0.39, 0.29) is 24.3 Å². The van der Waals surface area contributed by atoms with Gasteiger partial charge in [-0.2, -0.15) is 0 Å². The third kappa shape index (κ3) is 4.55. The quantitative estimate of drug-likeness (QED) is 0.610. The van der Waals surface area contributed by atoms with E-state index in [1.54, 1.807) is 13.1 Å². The van der Waals surface area contributed by atoms with Crippen molar-refractivity contribution in [1.82, 2.24) is 15.2 Å². The number of carbonyl (C=O) groups is 3. The fraction of sp³-hybridized carbons (Fsp3) is 0.263. The minimum absolute atomic E-state index is 0.0910. The standard InChI is InChI=1S/C19H19N3O5S/c1-12(19-21-13-6-3-4-8-15(13)28-19)22(2)16(23)11-27-17(24)10-20-18(25)14-7-5-9-26-14/h3-9,12H,10-11H2,1-2H3,(H,20,25)/t12-/m0/s1. The summed E-state index contributed by atoms with van der Waals surface area (Å²) >= 11 is 1.52. The predicted octanol–water partition coefficient (Wildman–Crippen LogP) is 2.38. The molecule has 0 saturated heterocycles. The SMILES string of the molecule is C[C@@H](c1nc2ccccc2s1)N(C)C(=O)COC(=O)CNC(=O)c1ccco1. The van der Waals surface area contributed by atoms with Crippen molar-refractivity contribution in [2.75, 3.05) is 20.2 Å². The van der Waals surface area contributed by atoms with Crippen molar-refractivity contribution in [2.24, 2.45) is 0 Å². The number of para-hydroxylation sites is 1. The summed E-state index contributed by atoms with van der Waals surface area (Å²) in [7, 11) is 1.63. The van der Waals surface area contributed by atoms with Crippen molar-refractivity contribution in [2.45, 2.75) is 13.0 Å². The van der Waals surface area contributed by atoms with E-state index in [1.807, 2.05) is 31.2 Å². The Morgan fingerprint density at radius 1 is 1.25 bits per heavy atom. The normalized spacial score (nSPS) is 11.8. The molecule has 0 spiro atoms. The fourth-order valence-electron chi connectivity index (χ4n) is 2.39. The van der Waals surface area contributed by atoms with Crippen molar-refractivity contribution in [3.8, 4) is 0 Å². The molecule has 0 aliphatic rings. The van der Waals surface area contributed by atoms with Crippen LogP contribution in [0.5, 0.6) is 0 Å². The molecule has 9 heteroatoms. The molecule has 0 unspecified atom stereocenters. The number of thiazole rings is 1. The Kier molecular flexibility index (Phi) is 6.05. The van der Waals surface area contributed by atoms with Crippen LogP contribution >= 0.6 is 11.3 Å². The number of hydrogen-bond acceptors (Lipinski definition) is 7. The van der Waals surface area contributed by atoms with Crippen molar-refractivity contribution in [3.63, 3.8) is 0 Å². The van der Waals surface area contributed by atoms with Crippen LogP contribution < -0.4 is 5.32 Å². The maximum Gasteiger partial charge on any atom is 0.325 e. The summed E-state index contributed by atoms with van der Waals surface area (Å²) in [6.07, 6.45) is 1.36. The molecule has 28 heavy (non-hydrogen) atoms. The van der Waals surface area contributed by atoms with Gasteiger partial charge in [0.25, 0.3) is 11.8 Å². The van der Waals surface area contributed by atoms with Gasteiger partial charge in [0.1, 0.15) is 11.6 Å². The Morgan fingerprint density at radius 2 is 2.04 bits per heavy atom. The molecular formula is C19H19N3O5S. The lowest BCUT2D eigenvalue weighted by atomic mass is 10.3. The second-order valence-corrected chi connectivity index (χ2v) is 7.08. The maximum atomic E-state index is 12.3. The smallest absolute Gasteiger partial charge is 0.325 e. The Balaban J connectivity index is 1.48. The molecule has 0 aliphatic carbocycles. The highest BCUT2D eigenvalue weighted by molar-refractivity contribution is 7.18. The van der Waals surface area contributed by atoms with Crippen LogP contribution in [-0.2, 0) is 14.3 Å². The first-order chi connectivity index (χ1) is 13.5. The number of aromatic nitrogens is 1. The van der Waals surface area contributed by atoms with Gasteiger partial charge in [-0.3, -0.25) is 14.4 Å². The summed E-state index contributed by atoms with van der Waals surface area (Å²) in [5.74, 6) is -1.52. The van der Waals surface area contributed by atoms with Crippen molar-refractivity contribution < 1.29 is 23.5 Å². The van der Waals surface area contributed by atoms with Gasteiger partial charge in [0.05, 0.1) is 22.5 Å². The lowest BCUT2D eigenvalue weighted by Gasteiger charge is -2.23. The monoisotopic (exact) mass is 401 g/mol. The van der Waals surface area contributed by atoms with E-state index in [9.17, 15) is 14.4 Å². The summed E-state index contributed by atoms with van der Waals surface area (Å²) in [6, 6.07) is 10.5. The number of fused-ring (bicyclic) bond motifs is 1. The van der Waals surface area contributed by atoms with Crippen molar-refractivity contribution >= 4 is 39.3 Å². The number of benzene rings is 1. The number of hydrogen-bond donors (Lipinski definition) is 1. The van der Waals surface area contributed by atoms with Gasteiger partial charge in [-0.25, -0.2) is 4.98 Å². The topological polar surface area (TPSA) is 102 Å². The number of nitrogens with zero attached hydrogens (tertiary/aromatic N) is 2. The van der Waals surface area contributed by atoms with E-state index < -0.39 is 18.5 Å². The molecule has 0 saturated carbocycles. The molecule has 8 nitrogen and oxygen atoms in total. The van der Waals surface area contributed by atoms with Gasteiger partial charge < -0.3 is 19.4 Å². The van der Waals surface area contributed by atoms with Crippen LogP contribution in [0.4, 0.5) is 0 Å². The van der Waals surface area contributed by atoms with Crippen LogP contribution in [0.1, 0.15) is 28.5 Å². The summed E-state index contributed by atoms with van der Waals surface area (Å²) in [4.78, 5) is 41.8. The van der Waals surface area contributed by atoms with Crippen LogP contribution in [0.2, 0.25) is 0 Å². The predicted molar refractivity (Wildman–Crippen MR) is 103 cm³/mol. The second kappa shape index (κ2) is 8.66. The Morgan fingerprint density at radius 3 is 2.75 bits per heavy atom. The van der Waals surface area contributed by atoms with Crippen LogP contribution in [0, 0.1) is 0 Å². The highest BCUT2D eigenvalue weighted by Crippen LogP contribution is 2.28. The zero-order valence-corrected chi connectivity index (χ0v) is 16.2. The Labute approximate surface area is 165 Å². The number of carbonyl (C=O) groups excluding carboxylic acids is 3. The minimum Gasteiger partial charge on any atom is -0.459 e. The molecule has 0 fully saturated rings. The lowest BCUT2D eigenvalue weighted by molar-refractivity contribution is -0.151. The van der Waals surface area contributed by atoms with Crippen molar-refractivity contribution in [3.05, 3.63) is 53.4 Å². The summed E-state index contributed by atoms with van der Waals surface area (Å²) in [5.41, 5.74) is 0.883. The molecule has 0 radical (unpaired) electrons. The molecule has 2 heterocycles. The highest BCUT2D eigenvalue weighted by Gasteiger charge is 2.22. The van der Waals surface area contributed by atoms with E-state index in [4.69, 9.17) is 9.15 Å². The van der Waals surface area contributed by atoms with Gasteiger partial charge in [-0.15, -0.1) is 11.3 Å². The molecule has 146 valence electrons. The van der Waals surface area contributed by atoms with E-state index in [1.165, 1.54) is 28.6 Å². The van der Waals surface area contributed by atoms with Gasteiger partial charge >= 0.3 is 5.97 Å². The zero-order chi connectivity index (χ0) is 20.1. The first-order valence-corrected chi connectivity index (χ1v) is 9.36. The van der Waals surface area contributed by atoms with Crippen LogP contribution in [0.15, 0.2) is 47.1 Å². The maximum absolute atomic E-state index is 12.3. The summed E-state index contributed by atoms with van der Waals surface area (Å²) < 4.78 is 10.9. The van der Waals surface area contributed by atoms with E-state index in [0.717, 1.165) is 15.2 Å². The molecule has 2 aromatic heterocycles. The Hall–Kier alpha value is -3.20. The number of esters is 1. The Bertz CT molecular complexity index is 950. The zero-order valence-electron chi connectivity index (χ0n) is 15.4. The summed E-state index contributed by atoms with van der Waals surface area (Å²) in [5, 5.41) is 3.16. The molecule has 1 aromatic carbocycles. The lowest BCUT2D eigenvalue weighted by Crippen LogP contribution is -2.35. The van der Waals surface area contributed by atoms with Gasteiger partial charge in [0.15, 0.2) is 12.4 Å². The molecule has 3 rings (SSSR count). The first kappa shape index (κ1) is 19.6. The number of rotatable bonds is 7. The van der Waals surface area contributed by atoms with E-state index in [2.05, 4.69) is 10.3 Å². The van der Waals surface area contributed by atoms with Gasteiger partial charge in [0.2, 0.25) is 0 Å². The summed E-state index contributed by atoms with van der Waals surface area (Å²) in [6.45, 7) is 1.09. The molecule has 1 N–H and O–H groups in total. The van der Waals surface area contributed by atoms with Crippen LogP contribution in [0.25, 0.3) is 10.2 Å². The number of nitrogens with one attached hydrogen (secondary N) is 1. The van der Waals surface area contributed by atoms with Gasteiger partial charge in [-0.05, 0) is 31.2 Å². The molecule has 1 atom stereocenters. The third-order valence-corrected chi connectivity index (χ3v) is 5.34. The minimum atomic E-state index is -0.714. The molecule has 0 aliphatic heterocycles. The van der Waals surface area contributed by atoms with Crippen LogP contribution in [-0.4, -0.2) is 47.9 Å². The van der Waals surface area contributed by atoms with E-state index >= 15 is 0 Å². The number of amides is 2. The molecule has 2 amide bonds. The second-order valence-electron chi connectivity index (χ2n) is 6.02. The number of furan rings is 1. The molecule has 0 bridgehead atoms. The largest absolute Gasteiger partial charge is 0.459 e. The van der Waals surface area contributed by atoms with Gasteiger partial charge in [0, 0.05) is 7.05 Å². The highest BCUT2D eigenvalue weighted by atomic mass is 32.1. The molecule has 3 aromatic rings. The first-order valence-electron chi connectivity index (χ1n) is 8.54. The third-order valence-electron chi connectivity index (χ3n) is 4.14.